The standard InChI is InChI=1S/C8H14NO/c1-3-4-5-9-6-7-10-8(9)2/h3-4H,5-7H2,1-2H3/q+1. The quantitative estimate of drug-likeness (QED) is 0.412. The first-order valence-electron chi connectivity index (χ1n) is 3.67. The third kappa shape index (κ3) is 1.59. The Hall–Kier alpha value is -0.790. The minimum atomic E-state index is 0.851. The molecule has 10 heavy (non-hydrogen) atoms. The summed E-state index contributed by atoms with van der Waals surface area (Å²) in [6.45, 7) is 6.92. The first kappa shape index (κ1) is 7.32. The summed E-state index contributed by atoms with van der Waals surface area (Å²) < 4.78 is 7.49. The summed E-state index contributed by atoms with van der Waals surface area (Å²) in [5.41, 5.74) is 0. The smallest absolute Gasteiger partial charge is 0.333 e. The zero-order chi connectivity index (χ0) is 7.40. The monoisotopic (exact) mass is 140 g/mol. The van der Waals surface area contributed by atoms with E-state index in [0.717, 1.165) is 25.6 Å². The van der Waals surface area contributed by atoms with Crippen LogP contribution in [0.5, 0.6) is 0 Å². The number of nitrogens with zero attached hydrogens (tertiary/aromatic N) is 1. The van der Waals surface area contributed by atoms with E-state index in [0.29, 0.717) is 0 Å². The van der Waals surface area contributed by atoms with E-state index in [1.54, 1.807) is 0 Å². The molecule has 56 valence electrons. The van der Waals surface area contributed by atoms with E-state index in [-0.39, 0.29) is 0 Å². The zero-order valence-corrected chi connectivity index (χ0v) is 6.63. The molecule has 1 heterocycles. The lowest BCUT2D eigenvalue weighted by atomic mass is 10.5. The van der Waals surface area contributed by atoms with Crippen LogP contribution in [0.25, 0.3) is 0 Å². The molecule has 1 rings (SSSR count). The Bertz CT molecular complexity index is 170. The van der Waals surface area contributed by atoms with Crippen LogP contribution in [0.3, 0.4) is 0 Å². The molecule has 0 aromatic heterocycles. The molecule has 0 aromatic carbocycles. The number of allylic oxidation sites excluding steroid dienone is 1. The van der Waals surface area contributed by atoms with Gasteiger partial charge in [0.2, 0.25) is 0 Å². The minimum absolute atomic E-state index is 0.851. The van der Waals surface area contributed by atoms with Crippen molar-refractivity contribution in [1.29, 1.82) is 0 Å². The third-order valence-electron chi connectivity index (χ3n) is 1.68. The van der Waals surface area contributed by atoms with Crippen LogP contribution in [-0.4, -0.2) is 30.2 Å². The lowest BCUT2D eigenvalue weighted by Crippen LogP contribution is -2.13. The molecule has 0 saturated carbocycles. The first-order chi connectivity index (χ1) is 4.84. The van der Waals surface area contributed by atoms with Crippen LogP contribution in [0.4, 0.5) is 0 Å². The average Bonchev–Trinajstić information content (AvgIpc) is 2.31. The van der Waals surface area contributed by atoms with Gasteiger partial charge in [-0.05, 0) is 13.0 Å². The molecule has 0 saturated heterocycles. The second-order valence-electron chi connectivity index (χ2n) is 2.38. The van der Waals surface area contributed by atoms with Crippen molar-refractivity contribution in [2.45, 2.75) is 13.8 Å². The highest BCUT2D eigenvalue weighted by molar-refractivity contribution is 5.68. The van der Waals surface area contributed by atoms with Crippen molar-refractivity contribution in [1.82, 2.24) is 0 Å². The Morgan fingerprint density at radius 3 is 3.00 bits per heavy atom. The van der Waals surface area contributed by atoms with Crippen molar-refractivity contribution in [3.8, 4) is 0 Å². The Labute approximate surface area is 61.8 Å². The summed E-state index contributed by atoms with van der Waals surface area (Å²) in [6.07, 6.45) is 4.20. The van der Waals surface area contributed by atoms with Crippen molar-refractivity contribution >= 4 is 5.90 Å². The fraction of sp³-hybridized carbons (Fsp3) is 0.625. The number of hydrogen-bond acceptors (Lipinski definition) is 1. The van der Waals surface area contributed by atoms with E-state index in [2.05, 4.69) is 16.7 Å². The van der Waals surface area contributed by atoms with Crippen molar-refractivity contribution < 1.29 is 9.31 Å². The first-order valence-corrected chi connectivity index (χ1v) is 3.67. The van der Waals surface area contributed by atoms with E-state index < -0.39 is 0 Å². The second-order valence-corrected chi connectivity index (χ2v) is 2.38. The predicted octanol–water partition coefficient (Wildman–Crippen LogP) is 1.02. The van der Waals surface area contributed by atoms with Gasteiger partial charge in [0.1, 0.15) is 0 Å². The van der Waals surface area contributed by atoms with E-state index in [4.69, 9.17) is 4.74 Å². The highest BCUT2D eigenvalue weighted by atomic mass is 16.5. The molecule has 0 spiro atoms. The van der Waals surface area contributed by atoms with Gasteiger partial charge < -0.3 is 4.74 Å². The van der Waals surface area contributed by atoms with Gasteiger partial charge in [-0.3, -0.25) is 0 Å². The van der Waals surface area contributed by atoms with E-state index >= 15 is 0 Å². The van der Waals surface area contributed by atoms with Gasteiger partial charge in [0.15, 0.2) is 19.7 Å². The van der Waals surface area contributed by atoms with Crippen molar-refractivity contribution in [3.63, 3.8) is 0 Å². The highest BCUT2D eigenvalue weighted by Crippen LogP contribution is 1.93. The van der Waals surface area contributed by atoms with Gasteiger partial charge in [-0.1, -0.05) is 6.08 Å². The minimum Gasteiger partial charge on any atom is -0.442 e. The summed E-state index contributed by atoms with van der Waals surface area (Å²) in [6, 6.07) is 0. The third-order valence-corrected chi connectivity index (χ3v) is 1.68. The normalized spacial score (nSPS) is 18.6. The van der Waals surface area contributed by atoms with Crippen LogP contribution in [0.1, 0.15) is 13.8 Å². The molecule has 0 unspecified atom stereocenters. The van der Waals surface area contributed by atoms with Gasteiger partial charge in [0.05, 0.1) is 6.92 Å². The maximum Gasteiger partial charge on any atom is 0.333 e. The van der Waals surface area contributed by atoms with E-state index in [1.807, 2.05) is 13.8 Å². The Morgan fingerprint density at radius 1 is 1.70 bits per heavy atom. The zero-order valence-electron chi connectivity index (χ0n) is 6.63. The molecule has 1 aliphatic rings. The van der Waals surface area contributed by atoms with E-state index in [9.17, 15) is 0 Å². The lowest BCUT2D eigenvalue weighted by molar-refractivity contribution is -0.508. The SMILES string of the molecule is CC=CC[N+]1=C(C)OCC1. The Morgan fingerprint density at radius 2 is 2.50 bits per heavy atom. The molecule has 0 fully saturated rings. The van der Waals surface area contributed by atoms with Crippen molar-refractivity contribution in [2.75, 3.05) is 19.7 Å². The van der Waals surface area contributed by atoms with Crippen LogP contribution >= 0.6 is 0 Å². The second kappa shape index (κ2) is 3.40. The Kier molecular flexibility index (Phi) is 2.49. The summed E-state index contributed by atoms with van der Waals surface area (Å²) in [5.74, 6) is 1.05. The topological polar surface area (TPSA) is 12.2 Å². The fourth-order valence-corrected chi connectivity index (χ4v) is 1.00. The van der Waals surface area contributed by atoms with Crippen LogP contribution in [-0.2, 0) is 4.74 Å². The highest BCUT2D eigenvalue weighted by Gasteiger charge is 2.16. The van der Waals surface area contributed by atoms with E-state index in [1.165, 1.54) is 0 Å². The molecule has 1 aliphatic heterocycles. The van der Waals surface area contributed by atoms with Crippen LogP contribution in [0.15, 0.2) is 12.2 Å². The molecular weight excluding hydrogens is 126 g/mol. The number of rotatable bonds is 2. The fourth-order valence-electron chi connectivity index (χ4n) is 1.00. The molecule has 0 aliphatic carbocycles. The van der Waals surface area contributed by atoms with Gasteiger partial charge in [-0.2, -0.15) is 4.58 Å². The Balaban J connectivity index is 2.46. The maximum absolute atomic E-state index is 5.27. The summed E-state index contributed by atoms with van der Waals surface area (Å²) in [5, 5.41) is 0. The maximum atomic E-state index is 5.27. The summed E-state index contributed by atoms with van der Waals surface area (Å²) >= 11 is 0. The van der Waals surface area contributed by atoms with Crippen LogP contribution < -0.4 is 0 Å². The molecule has 0 radical (unpaired) electrons. The van der Waals surface area contributed by atoms with Gasteiger partial charge in [-0.25, -0.2) is 0 Å². The molecule has 2 heteroatoms. The molecular formula is C8H14NO+. The van der Waals surface area contributed by atoms with Gasteiger partial charge >= 0.3 is 5.90 Å². The summed E-state index contributed by atoms with van der Waals surface area (Å²) in [7, 11) is 0. The van der Waals surface area contributed by atoms with Crippen LogP contribution in [0.2, 0.25) is 0 Å². The number of ether oxygens (including phenoxy) is 1. The molecule has 0 bridgehead atoms. The lowest BCUT2D eigenvalue weighted by Gasteiger charge is -1.89. The molecule has 0 atom stereocenters. The molecule has 2 nitrogen and oxygen atoms in total. The number of hydrogen-bond donors (Lipinski definition) is 0. The molecule has 0 amide bonds. The van der Waals surface area contributed by atoms with Gasteiger partial charge in [0.25, 0.3) is 0 Å². The van der Waals surface area contributed by atoms with Crippen LogP contribution in [0, 0.1) is 0 Å². The van der Waals surface area contributed by atoms with Gasteiger partial charge in [-0.15, -0.1) is 0 Å². The average molecular weight is 140 g/mol. The predicted molar refractivity (Wildman–Crippen MR) is 41.4 cm³/mol. The largest absolute Gasteiger partial charge is 0.442 e. The molecule has 0 N–H and O–H groups in total. The molecule has 0 aromatic rings. The van der Waals surface area contributed by atoms with Crippen molar-refractivity contribution in [3.05, 3.63) is 12.2 Å². The summed E-state index contributed by atoms with van der Waals surface area (Å²) in [4.78, 5) is 0. The van der Waals surface area contributed by atoms with Crippen molar-refractivity contribution in [2.24, 2.45) is 0 Å². The van der Waals surface area contributed by atoms with Gasteiger partial charge in [0, 0.05) is 0 Å².